The van der Waals surface area contributed by atoms with Gasteiger partial charge in [0.25, 0.3) is 5.91 Å². The predicted molar refractivity (Wildman–Crippen MR) is 82.6 cm³/mol. The van der Waals surface area contributed by atoms with E-state index < -0.39 is 12.7 Å². The molecule has 8 heteroatoms. The topological polar surface area (TPSA) is 58.4 Å². The molecular formula is C16H24F3N3O2. The van der Waals surface area contributed by atoms with Crippen molar-refractivity contribution in [2.24, 2.45) is 5.92 Å². The molecular weight excluding hydrogens is 323 g/mol. The molecule has 0 bridgehead atoms. The molecule has 1 N–H and O–H groups in total. The molecule has 0 saturated carbocycles. The van der Waals surface area contributed by atoms with Crippen LogP contribution in [-0.2, 0) is 6.42 Å². The van der Waals surface area contributed by atoms with Crippen molar-refractivity contribution in [2.75, 3.05) is 19.6 Å². The molecule has 136 valence electrons. The summed E-state index contributed by atoms with van der Waals surface area (Å²) < 4.78 is 42.3. The van der Waals surface area contributed by atoms with Crippen molar-refractivity contribution in [3.8, 4) is 0 Å². The van der Waals surface area contributed by atoms with Gasteiger partial charge in [-0.25, -0.2) is 0 Å². The van der Waals surface area contributed by atoms with E-state index in [1.54, 1.807) is 6.07 Å². The molecule has 1 atom stereocenters. The Bertz CT molecular complexity index is 537. The van der Waals surface area contributed by atoms with Gasteiger partial charge in [-0.05, 0) is 45.2 Å². The fourth-order valence-corrected chi connectivity index (χ4v) is 3.05. The van der Waals surface area contributed by atoms with Gasteiger partial charge in [0.15, 0.2) is 5.69 Å². The molecule has 24 heavy (non-hydrogen) atoms. The van der Waals surface area contributed by atoms with Crippen molar-refractivity contribution in [3.05, 3.63) is 17.5 Å². The Morgan fingerprint density at radius 1 is 1.46 bits per heavy atom. The van der Waals surface area contributed by atoms with Crippen LogP contribution in [-0.4, -0.2) is 47.8 Å². The van der Waals surface area contributed by atoms with E-state index >= 15 is 0 Å². The molecule has 2 rings (SSSR count). The number of likely N-dealkylation sites (tertiary alicyclic amines) is 1. The van der Waals surface area contributed by atoms with Gasteiger partial charge in [0.05, 0.1) is 6.54 Å². The van der Waals surface area contributed by atoms with E-state index in [1.165, 1.54) is 4.90 Å². The number of nitrogens with one attached hydrogen (secondary N) is 1. The largest absolute Gasteiger partial charge is 0.401 e. The Labute approximate surface area is 139 Å². The smallest absolute Gasteiger partial charge is 0.361 e. The minimum Gasteiger partial charge on any atom is -0.361 e. The molecule has 1 saturated heterocycles. The van der Waals surface area contributed by atoms with Gasteiger partial charge < -0.3 is 9.84 Å². The molecule has 1 amide bonds. The van der Waals surface area contributed by atoms with Crippen LogP contribution in [0, 0.1) is 5.92 Å². The van der Waals surface area contributed by atoms with E-state index in [1.807, 2.05) is 13.8 Å². The number of alkyl halides is 3. The fourth-order valence-electron chi connectivity index (χ4n) is 3.05. The second-order valence-corrected chi connectivity index (χ2v) is 6.42. The summed E-state index contributed by atoms with van der Waals surface area (Å²) in [5, 5.41) is 6.65. The van der Waals surface area contributed by atoms with Crippen LogP contribution in [0.15, 0.2) is 10.6 Å². The number of amides is 1. The zero-order valence-electron chi connectivity index (χ0n) is 14.0. The van der Waals surface area contributed by atoms with Crippen molar-refractivity contribution in [3.63, 3.8) is 0 Å². The van der Waals surface area contributed by atoms with Crippen LogP contribution in [0.1, 0.15) is 49.4 Å². The Morgan fingerprint density at radius 2 is 2.12 bits per heavy atom. The summed E-state index contributed by atoms with van der Waals surface area (Å²) in [6.07, 6.45) is -1.25. The van der Waals surface area contributed by atoms with Crippen LogP contribution in [0.4, 0.5) is 13.2 Å². The number of rotatable bonds is 6. The molecule has 1 aliphatic rings. The standard InChI is InChI=1S/C16H24F3N3O2/c1-3-4-13-9-14(21-24-13)15(23)20-11(2)12-5-7-22(8-6-12)10-16(17,18)19/h9,11-12H,3-8,10H2,1-2H3,(H,20,23). The fraction of sp³-hybridized carbons (Fsp3) is 0.750. The number of hydrogen-bond donors (Lipinski definition) is 1. The number of nitrogens with zero attached hydrogens (tertiary/aromatic N) is 2. The van der Waals surface area contributed by atoms with E-state index in [0.29, 0.717) is 31.7 Å². The van der Waals surface area contributed by atoms with E-state index in [0.717, 1.165) is 12.8 Å². The summed E-state index contributed by atoms with van der Waals surface area (Å²) in [4.78, 5) is 13.6. The number of hydrogen-bond acceptors (Lipinski definition) is 4. The average Bonchev–Trinajstić information content (AvgIpc) is 2.95. The molecule has 1 aromatic rings. The molecule has 0 spiro atoms. The van der Waals surface area contributed by atoms with E-state index in [-0.39, 0.29) is 23.6 Å². The van der Waals surface area contributed by atoms with Crippen molar-refractivity contribution in [1.29, 1.82) is 0 Å². The number of aryl methyl sites for hydroxylation is 1. The summed E-state index contributed by atoms with van der Waals surface area (Å²) >= 11 is 0. The van der Waals surface area contributed by atoms with Crippen molar-refractivity contribution < 1.29 is 22.5 Å². The molecule has 1 aliphatic heterocycles. The quantitative estimate of drug-likeness (QED) is 0.859. The second kappa shape index (κ2) is 8.00. The number of halogens is 3. The molecule has 5 nitrogen and oxygen atoms in total. The number of piperidine rings is 1. The maximum absolute atomic E-state index is 12.4. The monoisotopic (exact) mass is 347 g/mol. The SMILES string of the molecule is CCCc1cc(C(=O)NC(C)C2CCN(CC(F)(F)F)CC2)no1. The van der Waals surface area contributed by atoms with Gasteiger partial charge in [-0.2, -0.15) is 13.2 Å². The maximum atomic E-state index is 12.4. The van der Waals surface area contributed by atoms with E-state index in [4.69, 9.17) is 4.52 Å². The number of aromatic nitrogens is 1. The molecule has 0 radical (unpaired) electrons. The summed E-state index contributed by atoms with van der Waals surface area (Å²) in [6.45, 7) is 3.83. The highest BCUT2D eigenvalue weighted by Gasteiger charge is 2.33. The lowest BCUT2D eigenvalue weighted by atomic mass is 9.90. The van der Waals surface area contributed by atoms with Crippen molar-refractivity contribution in [1.82, 2.24) is 15.4 Å². The first-order valence-electron chi connectivity index (χ1n) is 8.34. The zero-order chi connectivity index (χ0) is 17.7. The van der Waals surface area contributed by atoms with Gasteiger partial charge in [0.1, 0.15) is 5.76 Å². The van der Waals surface area contributed by atoms with Crippen LogP contribution < -0.4 is 5.32 Å². The first kappa shape index (κ1) is 18.8. The van der Waals surface area contributed by atoms with Crippen LogP contribution in [0.25, 0.3) is 0 Å². The number of carbonyl (C=O) groups is 1. The highest BCUT2D eigenvalue weighted by Crippen LogP contribution is 2.24. The van der Waals surface area contributed by atoms with Crippen LogP contribution in [0.5, 0.6) is 0 Å². The lowest BCUT2D eigenvalue weighted by Crippen LogP contribution is -2.46. The predicted octanol–water partition coefficient (Wildman–Crippen LogP) is 3.02. The van der Waals surface area contributed by atoms with Crippen molar-refractivity contribution in [2.45, 2.75) is 51.7 Å². The third kappa shape index (κ3) is 5.51. The average molecular weight is 347 g/mol. The first-order chi connectivity index (χ1) is 11.3. The molecule has 0 aromatic carbocycles. The van der Waals surface area contributed by atoms with Crippen LogP contribution >= 0.6 is 0 Å². The van der Waals surface area contributed by atoms with Gasteiger partial charge in [-0.3, -0.25) is 9.69 Å². The molecule has 0 aliphatic carbocycles. The Hall–Kier alpha value is -1.57. The van der Waals surface area contributed by atoms with Gasteiger partial charge in [0, 0.05) is 18.5 Å². The second-order valence-electron chi connectivity index (χ2n) is 6.42. The maximum Gasteiger partial charge on any atom is 0.401 e. The summed E-state index contributed by atoms with van der Waals surface area (Å²) in [5.74, 6) is 0.544. The molecule has 1 aromatic heterocycles. The Balaban J connectivity index is 1.80. The molecule has 1 unspecified atom stereocenters. The van der Waals surface area contributed by atoms with Gasteiger partial charge in [-0.1, -0.05) is 12.1 Å². The Morgan fingerprint density at radius 3 is 2.71 bits per heavy atom. The first-order valence-corrected chi connectivity index (χ1v) is 8.34. The van der Waals surface area contributed by atoms with Gasteiger partial charge in [-0.15, -0.1) is 0 Å². The minimum absolute atomic E-state index is 0.114. The van der Waals surface area contributed by atoms with Gasteiger partial charge >= 0.3 is 6.18 Å². The van der Waals surface area contributed by atoms with E-state index in [2.05, 4.69) is 10.5 Å². The summed E-state index contributed by atoms with van der Waals surface area (Å²) in [5.41, 5.74) is 0.250. The molecule has 1 fully saturated rings. The molecule has 2 heterocycles. The van der Waals surface area contributed by atoms with E-state index in [9.17, 15) is 18.0 Å². The van der Waals surface area contributed by atoms with Crippen LogP contribution in [0.2, 0.25) is 0 Å². The minimum atomic E-state index is -4.16. The van der Waals surface area contributed by atoms with Crippen LogP contribution in [0.3, 0.4) is 0 Å². The highest BCUT2D eigenvalue weighted by atomic mass is 19.4. The Kier molecular flexibility index (Phi) is 6.26. The normalized spacial score (nSPS) is 18.5. The zero-order valence-corrected chi connectivity index (χ0v) is 14.0. The summed E-state index contributed by atoms with van der Waals surface area (Å²) in [7, 11) is 0. The lowest BCUT2D eigenvalue weighted by molar-refractivity contribution is -0.148. The highest BCUT2D eigenvalue weighted by molar-refractivity contribution is 5.92. The third-order valence-corrected chi connectivity index (χ3v) is 4.39. The summed E-state index contributed by atoms with van der Waals surface area (Å²) in [6, 6.07) is 1.52. The number of carbonyl (C=O) groups excluding carboxylic acids is 1. The van der Waals surface area contributed by atoms with Gasteiger partial charge in [0.2, 0.25) is 0 Å². The third-order valence-electron chi connectivity index (χ3n) is 4.39. The lowest BCUT2D eigenvalue weighted by Gasteiger charge is -2.35. The van der Waals surface area contributed by atoms with Crippen molar-refractivity contribution >= 4 is 5.91 Å².